The van der Waals surface area contributed by atoms with E-state index in [1.165, 1.54) is 35.6 Å². The number of thiazole rings is 1. The Morgan fingerprint density at radius 1 is 1.06 bits per heavy atom. The van der Waals surface area contributed by atoms with Crippen LogP contribution >= 0.6 is 11.3 Å². The van der Waals surface area contributed by atoms with Crippen molar-refractivity contribution in [3.05, 3.63) is 92.1 Å². The van der Waals surface area contributed by atoms with Gasteiger partial charge in [0.1, 0.15) is 0 Å². The van der Waals surface area contributed by atoms with E-state index < -0.39 is 11.5 Å². The summed E-state index contributed by atoms with van der Waals surface area (Å²) < 4.78 is 1.78. The highest BCUT2D eigenvalue weighted by Gasteiger charge is 2.19. The molecule has 2 aromatic heterocycles. The molecule has 0 aliphatic carbocycles. The topological polar surface area (TPSA) is 138 Å². The number of nitrogens with zero attached hydrogens (tertiary/aromatic N) is 3. The molecule has 33 heavy (non-hydrogen) atoms. The Bertz CT molecular complexity index is 1390. The van der Waals surface area contributed by atoms with Gasteiger partial charge in [0.05, 0.1) is 41.7 Å². The van der Waals surface area contributed by atoms with Crippen LogP contribution in [-0.4, -0.2) is 35.4 Å². The van der Waals surface area contributed by atoms with Gasteiger partial charge in [0.25, 0.3) is 5.69 Å². The molecule has 0 saturated heterocycles. The van der Waals surface area contributed by atoms with E-state index in [4.69, 9.17) is 0 Å². The Labute approximate surface area is 191 Å². The lowest BCUT2D eigenvalue weighted by Crippen LogP contribution is -2.00. The summed E-state index contributed by atoms with van der Waals surface area (Å²) in [5.74, 6) is -0.313. The first-order chi connectivity index (χ1) is 16.0. The molecular formula is C23H19N3O6S. The van der Waals surface area contributed by atoms with Crippen LogP contribution in [0, 0.1) is 10.1 Å². The summed E-state index contributed by atoms with van der Waals surface area (Å²) in [6.07, 6.45) is 4.75. The fourth-order valence-corrected chi connectivity index (χ4v) is 4.24. The third-order valence-electron chi connectivity index (χ3n) is 5.25. The second-order valence-electron chi connectivity index (χ2n) is 7.16. The third kappa shape index (κ3) is 4.32. The SMILES string of the molecule is O=C(C=Cc1c(-c2ccc(CO)c([N+](=O)[O-])c2)nc2sccn12)c1ccc(CO)c(CO)c1. The first-order valence-electron chi connectivity index (χ1n) is 9.86. The van der Waals surface area contributed by atoms with Crippen molar-refractivity contribution in [2.45, 2.75) is 19.8 Å². The van der Waals surface area contributed by atoms with Crippen molar-refractivity contribution in [3.63, 3.8) is 0 Å². The van der Waals surface area contributed by atoms with Crippen LogP contribution in [0.2, 0.25) is 0 Å². The Kier molecular flexibility index (Phi) is 6.43. The van der Waals surface area contributed by atoms with E-state index in [0.717, 1.165) is 0 Å². The third-order valence-corrected chi connectivity index (χ3v) is 6.01. The lowest BCUT2D eigenvalue weighted by Gasteiger charge is -2.06. The molecular weight excluding hydrogens is 446 g/mol. The Hall–Kier alpha value is -3.70. The first-order valence-corrected chi connectivity index (χ1v) is 10.7. The Morgan fingerprint density at radius 3 is 2.48 bits per heavy atom. The smallest absolute Gasteiger partial charge is 0.275 e. The number of rotatable bonds is 8. The Balaban J connectivity index is 1.75. The van der Waals surface area contributed by atoms with E-state index in [2.05, 4.69) is 4.98 Å². The van der Waals surface area contributed by atoms with Crippen molar-refractivity contribution >= 4 is 33.8 Å². The highest BCUT2D eigenvalue weighted by Crippen LogP contribution is 2.32. The van der Waals surface area contributed by atoms with Gasteiger partial charge in [0, 0.05) is 28.8 Å². The zero-order chi connectivity index (χ0) is 23.5. The van der Waals surface area contributed by atoms with Crippen molar-refractivity contribution in [2.75, 3.05) is 0 Å². The molecule has 4 aromatic rings. The number of aliphatic hydroxyl groups is 3. The van der Waals surface area contributed by atoms with Crippen LogP contribution in [0.25, 0.3) is 22.3 Å². The molecule has 10 heteroatoms. The van der Waals surface area contributed by atoms with Crippen LogP contribution in [0.15, 0.2) is 54.1 Å². The van der Waals surface area contributed by atoms with Gasteiger partial charge >= 0.3 is 0 Å². The number of hydrogen-bond acceptors (Lipinski definition) is 8. The fraction of sp³-hybridized carbons (Fsp3) is 0.130. The average molecular weight is 465 g/mol. The van der Waals surface area contributed by atoms with Crippen molar-refractivity contribution in [3.8, 4) is 11.3 Å². The molecule has 0 bridgehead atoms. The minimum atomic E-state index is -0.554. The second kappa shape index (κ2) is 9.43. The summed E-state index contributed by atoms with van der Waals surface area (Å²) in [6.45, 7) is -0.997. The summed E-state index contributed by atoms with van der Waals surface area (Å²) in [5.41, 5.74) is 2.87. The normalized spacial score (nSPS) is 11.5. The predicted molar refractivity (Wildman–Crippen MR) is 123 cm³/mol. The summed E-state index contributed by atoms with van der Waals surface area (Å²) in [7, 11) is 0. The first kappa shape index (κ1) is 22.5. The van der Waals surface area contributed by atoms with Crippen molar-refractivity contribution in [1.29, 1.82) is 0 Å². The summed E-state index contributed by atoms with van der Waals surface area (Å²) in [5, 5.41) is 41.5. The molecule has 3 N–H and O–H groups in total. The van der Waals surface area contributed by atoms with Gasteiger partial charge in [-0.2, -0.15) is 0 Å². The van der Waals surface area contributed by atoms with Crippen LogP contribution in [0.1, 0.15) is 32.7 Å². The lowest BCUT2D eigenvalue weighted by molar-refractivity contribution is -0.385. The number of benzene rings is 2. The molecule has 4 rings (SSSR count). The van der Waals surface area contributed by atoms with Crippen LogP contribution in [0.3, 0.4) is 0 Å². The maximum atomic E-state index is 12.8. The van der Waals surface area contributed by atoms with Gasteiger partial charge in [0.15, 0.2) is 10.7 Å². The molecule has 9 nitrogen and oxygen atoms in total. The van der Waals surface area contributed by atoms with E-state index >= 15 is 0 Å². The van der Waals surface area contributed by atoms with Crippen molar-refractivity contribution in [1.82, 2.24) is 9.38 Å². The van der Waals surface area contributed by atoms with Gasteiger partial charge in [-0.15, -0.1) is 11.3 Å². The van der Waals surface area contributed by atoms with Gasteiger partial charge in [-0.25, -0.2) is 4.98 Å². The molecule has 0 aliphatic rings. The highest BCUT2D eigenvalue weighted by atomic mass is 32.1. The van der Waals surface area contributed by atoms with E-state index in [-0.39, 0.29) is 30.2 Å². The minimum absolute atomic E-state index is 0.197. The molecule has 0 amide bonds. The maximum absolute atomic E-state index is 12.8. The molecule has 0 unspecified atom stereocenters. The molecule has 0 spiro atoms. The van der Waals surface area contributed by atoms with Gasteiger partial charge in [-0.3, -0.25) is 19.3 Å². The molecule has 2 aromatic carbocycles. The van der Waals surface area contributed by atoms with E-state index in [1.54, 1.807) is 34.9 Å². The number of imidazole rings is 1. The predicted octanol–water partition coefficient (Wildman–Crippen LogP) is 3.34. The van der Waals surface area contributed by atoms with Crippen LogP contribution < -0.4 is 0 Å². The molecule has 0 atom stereocenters. The standard InChI is InChI=1S/C23H19N3O6S/c27-11-16-3-1-14(9-18(16)13-29)21(30)6-5-19-22(24-23-25(19)7-8-33-23)15-2-4-17(12-28)20(10-15)26(31)32/h1-10,27-29H,11-13H2. The number of aliphatic hydroxyl groups excluding tert-OH is 3. The number of carbonyl (C=O) groups is 1. The molecule has 0 fully saturated rings. The molecule has 168 valence electrons. The van der Waals surface area contributed by atoms with Gasteiger partial charge in [-0.05, 0) is 35.4 Å². The van der Waals surface area contributed by atoms with Crippen molar-refractivity contribution < 1.29 is 25.0 Å². The molecule has 0 aliphatic heterocycles. The number of nitro benzene ring substituents is 1. The highest BCUT2D eigenvalue weighted by molar-refractivity contribution is 7.15. The summed E-state index contributed by atoms with van der Waals surface area (Å²) in [6, 6.07) is 9.19. The zero-order valence-corrected chi connectivity index (χ0v) is 18.0. The monoisotopic (exact) mass is 465 g/mol. The maximum Gasteiger partial charge on any atom is 0.275 e. The number of fused-ring (bicyclic) bond motifs is 1. The quantitative estimate of drug-likeness (QED) is 0.157. The Morgan fingerprint density at radius 2 is 1.79 bits per heavy atom. The van der Waals surface area contributed by atoms with Gasteiger partial charge in [-0.1, -0.05) is 18.2 Å². The number of carbonyl (C=O) groups excluding carboxylic acids is 1. The van der Waals surface area contributed by atoms with Crippen LogP contribution in [0.4, 0.5) is 5.69 Å². The minimum Gasteiger partial charge on any atom is -0.392 e. The summed E-state index contributed by atoms with van der Waals surface area (Å²) >= 11 is 1.38. The average Bonchev–Trinajstić information content (AvgIpc) is 3.43. The molecule has 0 saturated carbocycles. The van der Waals surface area contributed by atoms with E-state index in [1.807, 2.05) is 5.38 Å². The second-order valence-corrected chi connectivity index (χ2v) is 8.03. The van der Waals surface area contributed by atoms with Gasteiger partial charge < -0.3 is 15.3 Å². The number of ketones is 1. The molecule has 2 heterocycles. The van der Waals surface area contributed by atoms with Crippen molar-refractivity contribution in [2.24, 2.45) is 0 Å². The number of allylic oxidation sites excluding steroid dienone is 1. The van der Waals surface area contributed by atoms with Crippen LogP contribution in [-0.2, 0) is 19.8 Å². The van der Waals surface area contributed by atoms with Crippen LogP contribution in [0.5, 0.6) is 0 Å². The molecule has 0 radical (unpaired) electrons. The number of nitro groups is 1. The number of aromatic nitrogens is 2. The largest absolute Gasteiger partial charge is 0.392 e. The zero-order valence-electron chi connectivity index (χ0n) is 17.2. The van der Waals surface area contributed by atoms with Gasteiger partial charge in [0.2, 0.25) is 0 Å². The van der Waals surface area contributed by atoms with E-state index in [0.29, 0.717) is 38.6 Å². The fourth-order valence-electron chi connectivity index (χ4n) is 3.52. The van der Waals surface area contributed by atoms with E-state index in [9.17, 15) is 30.2 Å². The lowest BCUT2D eigenvalue weighted by atomic mass is 10.0. The summed E-state index contributed by atoms with van der Waals surface area (Å²) in [4.78, 5) is 28.9. The number of hydrogen-bond donors (Lipinski definition) is 3.